The summed E-state index contributed by atoms with van der Waals surface area (Å²) in [4.78, 5) is 0. The predicted molar refractivity (Wildman–Crippen MR) is 165 cm³/mol. The number of hydrogen-bond donors (Lipinski definition) is 0. The van der Waals surface area contributed by atoms with Crippen molar-refractivity contribution in [2.45, 2.75) is 0 Å². The third-order valence-corrected chi connectivity index (χ3v) is 8.46. The van der Waals surface area contributed by atoms with Gasteiger partial charge in [-0.1, -0.05) is 72.8 Å². The summed E-state index contributed by atoms with van der Waals surface area (Å²) in [5.74, 6) is -7.72. The van der Waals surface area contributed by atoms with Crippen molar-refractivity contribution in [1.29, 1.82) is 0 Å². The molecule has 8 aromatic rings. The molecule has 0 aliphatic rings. The molecule has 8 rings (SSSR count). The van der Waals surface area contributed by atoms with E-state index < -0.39 is 45.7 Å². The lowest BCUT2D eigenvalue weighted by Gasteiger charge is -2.20. The van der Waals surface area contributed by atoms with Gasteiger partial charge in [0.15, 0.2) is 23.3 Å². The van der Waals surface area contributed by atoms with Gasteiger partial charge < -0.3 is 0 Å². The third-order valence-electron chi connectivity index (χ3n) is 8.46. The van der Waals surface area contributed by atoms with Crippen LogP contribution in [0.1, 0.15) is 0 Å². The van der Waals surface area contributed by atoms with Crippen molar-refractivity contribution in [1.82, 2.24) is 0 Å². The summed E-state index contributed by atoms with van der Waals surface area (Å²) in [6.07, 6.45) is 0. The number of benzene rings is 8. The lowest BCUT2D eigenvalue weighted by molar-refractivity contribution is 0.418. The van der Waals surface area contributed by atoms with Crippen molar-refractivity contribution >= 4 is 53.9 Å². The van der Waals surface area contributed by atoms with Crippen LogP contribution in [0.4, 0.5) is 26.3 Å². The molecule has 0 saturated heterocycles. The second-order valence-electron chi connectivity index (χ2n) is 10.8. The van der Waals surface area contributed by atoms with Crippen LogP contribution in [-0.2, 0) is 0 Å². The normalized spacial score (nSPS) is 11.9. The number of rotatable bonds is 2. The Labute approximate surface area is 246 Å². The van der Waals surface area contributed by atoms with Gasteiger partial charge in [-0.25, -0.2) is 26.3 Å². The summed E-state index contributed by atoms with van der Waals surface area (Å²) < 4.78 is 89.7. The van der Waals surface area contributed by atoms with E-state index in [4.69, 9.17) is 0 Å². The summed E-state index contributed by atoms with van der Waals surface area (Å²) in [7, 11) is 0. The molecule has 0 radical (unpaired) electrons. The van der Waals surface area contributed by atoms with E-state index in [9.17, 15) is 17.6 Å². The van der Waals surface area contributed by atoms with Crippen molar-refractivity contribution in [2.24, 2.45) is 0 Å². The zero-order valence-electron chi connectivity index (χ0n) is 22.7. The lowest BCUT2D eigenvalue weighted by Crippen LogP contribution is -2.01. The van der Waals surface area contributed by atoms with E-state index in [0.29, 0.717) is 43.8 Å². The van der Waals surface area contributed by atoms with Gasteiger partial charge in [0.05, 0.1) is 0 Å². The largest absolute Gasteiger partial charge is 0.207 e. The molecule has 0 unspecified atom stereocenters. The smallest absolute Gasteiger partial charge is 0.198 e. The van der Waals surface area contributed by atoms with Crippen LogP contribution >= 0.6 is 0 Å². The number of fused-ring (bicyclic) bond motifs is 10. The van der Waals surface area contributed by atoms with Gasteiger partial charge in [0.1, 0.15) is 11.6 Å². The standard InChI is InChI=1S/C38H18F6/c39-21-13-9-19(10-14-21)27-17-29-31(25-7-3-1-5-23(25)27)32-26-8-4-2-6-24(26)28(20-11-15-22(40)16-12-20)18-30(32)34-33(29)35(41)37(43)38(44)36(34)42/h1-18H. The van der Waals surface area contributed by atoms with Gasteiger partial charge in [-0.15, -0.1) is 0 Å². The van der Waals surface area contributed by atoms with Gasteiger partial charge in [-0.05, 0) is 102 Å². The molecular weight excluding hydrogens is 570 g/mol. The Bertz CT molecular complexity index is 2300. The van der Waals surface area contributed by atoms with Gasteiger partial charge in [-0.2, -0.15) is 0 Å². The molecule has 0 spiro atoms. The first kappa shape index (κ1) is 26.3. The van der Waals surface area contributed by atoms with Gasteiger partial charge in [0, 0.05) is 10.8 Å². The molecule has 0 aliphatic heterocycles. The fourth-order valence-electron chi connectivity index (χ4n) is 6.56. The van der Waals surface area contributed by atoms with Gasteiger partial charge >= 0.3 is 0 Å². The van der Waals surface area contributed by atoms with Crippen LogP contribution in [0.3, 0.4) is 0 Å². The molecule has 0 amide bonds. The summed E-state index contributed by atoms with van der Waals surface area (Å²) in [6.45, 7) is 0. The minimum Gasteiger partial charge on any atom is -0.207 e. The molecule has 44 heavy (non-hydrogen) atoms. The van der Waals surface area contributed by atoms with Gasteiger partial charge in [0.2, 0.25) is 0 Å². The van der Waals surface area contributed by atoms with E-state index in [0.717, 1.165) is 10.8 Å². The van der Waals surface area contributed by atoms with E-state index in [-0.39, 0.29) is 10.8 Å². The maximum Gasteiger partial charge on any atom is 0.198 e. The predicted octanol–water partition coefficient (Wildman–Crippen LogP) is 11.6. The monoisotopic (exact) mass is 588 g/mol. The zero-order valence-corrected chi connectivity index (χ0v) is 22.7. The minimum absolute atomic E-state index is 0.181. The molecule has 6 heteroatoms. The van der Waals surface area contributed by atoms with Crippen LogP contribution in [-0.4, -0.2) is 0 Å². The van der Waals surface area contributed by atoms with Crippen LogP contribution in [0.2, 0.25) is 0 Å². The Morgan fingerprint density at radius 1 is 0.295 bits per heavy atom. The highest BCUT2D eigenvalue weighted by Gasteiger charge is 2.27. The number of halogens is 6. The van der Waals surface area contributed by atoms with Crippen molar-refractivity contribution < 1.29 is 26.3 Å². The Kier molecular flexibility index (Phi) is 5.72. The quantitative estimate of drug-likeness (QED) is 0.0816. The van der Waals surface area contributed by atoms with E-state index >= 15 is 8.78 Å². The maximum atomic E-state index is 16.0. The van der Waals surface area contributed by atoms with Crippen LogP contribution in [0.25, 0.3) is 76.1 Å². The molecule has 0 aliphatic carbocycles. The average Bonchev–Trinajstić information content (AvgIpc) is 3.05. The van der Waals surface area contributed by atoms with E-state index in [1.165, 1.54) is 24.3 Å². The second kappa shape index (κ2) is 9.58. The van der Waals surface area contributed by atoms with Crippen molar-refractivity contribution in [3.05, 3.63) is 144 Å². The van der Waals surface area contributed by atoms with Gasteiger partial charge in [-0.3, -0.25) is 0 Å². The molecule has 0 saturated carbocycles. The molecule has 0 nitrogen and oxygen atoms in total. The highest BCUT2D eigenvalue weighted by Crippen LogP contribution is 2.48. The van der Waals surface area contributed by atoms with E-state index in [1.807, 2.05) is 48.5 Å². The zero-order chi connectivity index (χ0) is 30.3. The first-order valence-corrected chi connectivity index (χ1v) is 13.8. The van der Waals surface area contributed by atoms with Crippen LogP contribution in [0.15, 0.2) is 109 Å². The molecule has 0 bridgehead atoms. The average molecular weight is 589 g/mol. The SMILES string of the molecule is Fc1ccc(-c2cc3c4c(F)c(F)c(F)c(F)c4c4cc(-c5ccc(F)cc5)c5ccccc5c4c3c3ccccc23)cc1. The molecular formula is C38H18F6. The Hall–Kier alpha value is -5.36. The number of hydrogen-bond acceptors (Lipinski definition) is 0. The second-order valence-corrected chi connectivity index (χ2v) is 10.8. The summed E-state index contributed by atoms with van der Waals surface area (Å²) in [6, 6.07) is 29.5. The Morgan fingerprint density at radius 2 is 0.636 bits per heavy atom. The van der Waals surface area contributed by atoms with E-state index in [2.05, 4.69) is 0 Å². The van der Waals surface area contributed by atoms with Gasteiger partial charge in [0.25, 0.3) is 0 Å². The minimum atomic E-state index is -1.91. The molecule has 0 aromatic heterocycles. The third kappa shape index (κ3) is 3.67. The molecule has 0 heterocycles. The molecule has 212 valence electrons. The highest BCUT2D eigenvalue weighted by molar-refractivity contribution is 6.38. The first-order chi connectivity index (χ1) is 21.3. The fourth-order valence-corrected chi connectivity index (χ4v) is 6.56. The lowest BCUT2D eigenvalue weighted by atomic mass is 9.84. The summed E-state index contributed by atoms with van der Waals surface area (Å²) in [5.41, 5.74) is 2.39. The Morgan fingerprint density at radius 3 is 1.00 bits per heavy atom. The van der Waals surface area contributed by atoms with Crippen molar-refractivity contribution in [3.8, 4) is 22.3 Å². The fraction of sp³-hybridized carbons (Fsp3) is 0. The summed E-state index contributed by atoms with van der Waals surface area (Å²) >= 11 is 0. The molecule has 0 atom stereocenters. The van der Waals surface area contributed by atoms with Crippen LogP contribution in [0, 0.1) is 34.9 Å². The first-order valence-electron chi connectivity index (χ1n) is 13.8. The molecule has 8 aromatic carbocycles. The topological polar surface area (TPSA) is 0 Å². The van der Waals surface area contributed by atoms with Crippen molar-refractivity contribution in [2.75, 3.05) is 0 Å². The Balaban J connectivity index is 1.70. The van der Waals surface area contributed by atoms with Crippen LogP contribution in [0.5, 0.6) is 0 Å². The molecule has 0 fully saturated rings. The van der Waals surface area contributed by atoms with E-state index in [1.54, 1.807) is 36.4 Å². The maximum absolute atomic E-state index is 16.0. The van der Waals surface area contributed by atoms with Crippen LogP contribution < -0.4 is 0 Å². The highest BCUT2D eigenvalue weighted by atomic mass is 19.2. The summed E-state index contributed by atoms with van der Waals surface area (Å²) in [5, 5.41) is 3.45. The molecule has 0 N–H and O–H groups in total. The van der Waals surface area contributed by atoms with Crippen molar-refractivity contribution in [3.63, 3.8) is 0 Å².